The van der Waals surface area contributed by atoms with Crippen LogP contribution in [0.3, 0.4) is 0 Å². The minimum Gasteiger partial charge on any atom is -0.380 e. The molecular weight excluding hydrogens is 258 g/mol. The first-order valence-corrected chi connectivity index (χ1v) is 7.74. The smallest absolute Gasteiger partial charge is 0.0531 e. The lowest BCUT2D eigenvalue weighted by Gasteiger charge is -2.33. The molecule has 0 saturated carbocycles. The lowest BCUT2D eigenvalue weighted by Crippen LogP contribution is -2.41. The van der Waals surface area contributed by atoms with Gasteiger partial charge in [0.25, 0.3) is 0 Å². The molecule has 3 heteroatoms. The zero-order valence-corrected chi connectivity index (χ0v) is 12.6. The second kappa shape index (κ2) is 6.72. The summed E-state index contributed by atoms with van der Waals surface area (Å²) in [6.45, 7) is 5.42. The highest BCUT2D eigenvalue weighted by Gasteiger charge is 2.19. The van der Waals surface area contributed by atoms with Gasteiger partial charge in [-0.25, -0.2) is 0 Å². The van der Waals surface area contributed by atoms with Crippen molar-refractivity contribution in [3.8, 4) is 0 Å². The summed E-state index contributed by atoms with van der Waals surface area (Å²) in [5, 5.41) is 3.63. The van der Waals surface area contributed by atoms with Crippen LogP contribution >= 0.6 is 0 Å². The topological polar surface area (TPSA) is 28.2 Å². The molecule has 1 unspecified atom stereocenters. The van der Waals surface area contributed by atoms with Crippen LogP contribution in [0.4, 0.5) is 5.69 Å². The minimum atomic E-state index is 0.520. The third-order valence-electron chi connectivity index (χ3n) is 4.00. The summed E-state index contributed by atoms with van der Waals surface area (Å²) in [6, 6.07) is 13.4. The predicted molar refractivity (Wildman–Crippen MR) is 87.3 cm³/mol. The van der Waals surface area contributed by atoms with E-state index in [2.05, 4.69) is 58.5 Å². The van der Waals surface area contributed by atoms with Crippen LogP contribution in [0.1, 0.15) is 24.0 Å². The van der Waals surface area contributed by atoms with Gasteiger partial charge in [-0.1, -0.05) is 30.3 Å². The monoisotopic (exact) mass is 281 g/mol. The van der Waals surface area contributed by atoms with E-state index in [0.29, 0.717) is 6.04 Å². The average Bonchev–Trinajstić information content (AvgIpc) is 2.49. The Morgan fingerprint density at radius 2 is 2.10 bits per heavy atom. The molecule has 0 aliphatic carbocycles. The van der Waals surface area contributed by atoms with E-state index in [9.17, 15) is 0 Å². The Morgan fingerprint density at radius 3 is 2.90 bits per heavy atom. The molecule has 1 atom stereocenters. The standard InChI is InChI=1S/C18H23N3/c1-15-10-18(12-19-11-15)20-17-8-5-9-21(14-17)13-16-6-3-2-4-7-16/h2-4,6-7,10-12,17,20H,5,8-9,13-14H2,1H3. The van der Waals surface area contributed by atoms with Crippen LogP contribution in [0.25, 0.3) is 0 Å². The van der Waals surface area contributed by atoms with Gasteiger partial charge in [-0.15, -0.1) is 0 Å². The summed E-state index contributed by atoms with van der Waals surface area (Å²) in [5.74, 6) is 0. The van der Waals surface area contributed by atoms with Crippen LogP contribution in [0.2, 0.25) is 0 Å². The molecule has 0 bridgehead atoms. The Kier molecular flexibility index (Phi) is 4.51. The summed E-state index contributed by atoms with van der Waals surface area (Å²) in [4.78, 5) is 6.80. The molecule has 110 valence electrons. The van der Waals surface area contributed by atoms with Crippen LogP contribution in [-0.2, 0) is 6.54 Å². The second-order valence-corrected chi connectivity index (χ2v) is 5.96. The van der Waals surface area contributed by atoms with Crippen molar-refractivity contribution < 1.29 is 0 Å². The molecule has 1 saturated heterocycles. The highest BCUT2D eigenvalue weighted by molar-refractivity contribution is 5.43. The zero-order valence-electron chi connectivity index (χ0n) is 12.6. The number of aromatic nitrogens is 1. The van der Waals surface area contributed by atoms with E-state index in [1.54, 1.807) is 0 Å². The minimum absolute atomic E-state index is 0.520. The first-order chi connectivity index (χ1) is 10.3. The number of anilines is 1. The van der Waals surface area contributed by atoms with Crippen LogP contribution in [0, 0.1) is 6.92 Å². The zero-order chi connectivity index (χ0) is 14.5. The largest absolute Gasteiger partial charge is 0.380 e. The van der Waals surface area contributed by atoms with Gasteiger partial charge in [0.15, 0.2) is 0 Å². The number of aryl methyl sites for hydroxylation is 1. The number of likely N-dealkylation sites (tertiary alicyclic amines) is 1. The molecular formula is C18H23N3. The molecule has 1 aromatic heterocycles. The van der Waals surface area contributed by atoms with Gasteiger partial charge in [-0.05, 0) is 43.5 Å². The van der Waals surface area contributed by atoms with Crippen molar-refractivity contribution in [2.45, 2.75) is 32.4 Å². The molecule has 21 heavy (non-hydrogen) atoms. The fourth-order valence-corrected chi connectivity index (χ4v) is 3.03. The predicted octanol–water partition coefficient (Wildman–Crippen LogP) is 3.47. The van der Waals surface area contributed by atoms with E-state index in [1.165, 1.54) is 30.5 Å². The van der Waals surface area contributed by atoms with Gasteiger partial charge in [0, 0.05) is 31.5 Å². The molecule has 0 radical (unpaired) electrons. The SMILES string of the molecule is Cc1cncc(NC2CCCN(Cc3ccccc3)C2)c1. The highest BCUT2D eigenvalue weighted by atomic mass is 15.2. The number of nitrogens with zero attached hydrogens (tertiary/aromatic N) is 2. The van der Waals surface area contributed by atoms with Crippen molar-refractivity contribution in [1.29, 1.82) is 0 Å². The second-order valence-electron chi connectivity index (χ2n) is 5.96. The molecule has 1 aliphatic rings. The third-order valence-corrected chi connectivity index (χ3v) is 4.00. The summed E-state index contributed by atoms with van der Waals surface area (Å²) < 4.78 is 0. The molecule has 1 aliphatic heterocycles. The summed E-state index contributed by atoms with van der Waals surface area (Å²) in [7, 11) is 0. The molecule has 1 N–H and O–H groups in total. The maximum Gasteiger partial charge on any atom is 0.0531 e. The first kappa shape index (κ1) is 14.1. The molecule has 3 rings (SSSR count). The summed E-state index contributed by atoms with van der Waals surface area (Å²) >= 11 is 0. The fourth-order valence-electron chi connectivity index (χ4n) is 3.03. The molecule has 1 fully saturated rings. The van der Waals surface area contributed by atoms with Crippen molar-refractivity contribution in [2.24, 2.45) is 0 Å². The fraction of sp³-hybridized carbons (Fsp3) is 0.389. The van der Waals surface area contributed by atoms with Crippen LogP contribution < -0.4 is 5.32 Å². The lowest BCUT2D eigenvalue weighted by atomic mass is 10.0. The van der Waals surface area contributed by atoms with Gasteiger partial charge in [0.05, 0.1) is 5.69 Å². The van der Waals surface area contributed by atoms with Gasteiger partial charge in [0.1, 0.15) is 0 Å². The number of hydrogen-bond donors (Lipinski definition) is 1. The Morgan fingerprint density at radius 1 is 1.24 bits per heavy atom. The van der Waals surface area contributed by atoms with Crippen LogP contribution in [0.5, 0.6) is 0 Å². The third kappa shape index (κ3) is 4.05. The van der Waals surface area contributed by atoms with Crippen LogP contribution in [0.15, 0.2) is 48.8 Å². The van der Waals surface area contributed by atoms with E-state index in [1.807, 2.05) is 12.4 Å². The number of nitrogens with one attached hydrogen (secondary N) is 1. The van der Waals surface area contributed by atoms with Gasteiger partial charge >= 0.3 is 0 Å². The number of benzene rings is 1. The van der Waals surface area contributed by atoms with E-state index in [-0.39, 0.29) is 0 Å². The molecule has 1 aromatic carbocycles. The molecule has 2 aromatic rings. The quantitative estimate of drug-likeness (QED) is 0.930. The number of pyridine rings is 1. The molecule has 0 amide bonds. The van der Waals surface area contributed by atoms with Crippen molar-refractivity contribution >= 4 is 5.69 Å². The van der Waals surface area contributed by atoms with Gasteiger partial charge < -0.3 is 5.32 Å². The number of piperidine rings is 1. The summed E-state index contributed by atoms with van der Waals surface area (Å²) in [6.07, 6.45) is 6.31. The van der Waals surface area contributed by atoms with Crippen molar-refractivity contribution in [3.63, 3.8) is 0 Å². The maximum atomic E-state index is 4.26. The van der Waals surface area contributed by atoms with Gasteiger partial charge in [-0.3, -0.25) is 9.88 Å². The average molecular weight is 281 g/mol. The number of hydrogen-bond acceptors (Lipinski definition) is 3. The Balaban J connectivity index is 1.58. The normalized spacial score (nSPS) is 19.4. The van der Waals surface area contributed by atoms with E-state index < -0.39 is 0 Å². The van der Waals surface area contributed by atoms with E-state index in [0.717, 1.165) is 18.8 Å². The lowest BCUT2D eigenvalue weighted by molar-refractivity contribution is 0.208. The van der Waals surface area contributed by atoms with Crippen LogP contribution in [-0.4, -0.2) is 29.0 Å². The highest BCUT2D eigenvalue weighted by Crippen LogP contribution is 2.18. The van der Waals surface area contributed by atoms with E-state index in [4.69, 9.17) is 0 Å². The van der Waals surface area contributed by atoms with Gasteiger partial charge in [-0.2, -0.15) is 0 Å². The molecule has 2 heterocycles. The summed E-state index contributed by atoms with van der Waals surface area (Å²) in [5.41, 5.74) is 3.74. The molecule has 0 spiro atoms. The Labute approximate surface area is 127 Å². The first-order valence-electron chi connectivity index (χ1n) is 7.74. The van der Waals surface area contributed by atoms with Gasteiger partial charge in [0.2, 0.25) is 0 Å². The van der Waals surface area contributed by atoms with Crippen molar-refractivity contribution in [2.75, 3.05) is 18.4 Å². The Bertz CT molecular complexity index is 568. The maximum absolute atomic E-state index is 4.26. The van der Waals surface area contributed by atoms with Crippen molar-refractivity contribution in [3.05, 3.63) is 59.9 Å². The Hall–Kier alpha value is -1.87. The number of rotatable bonds is 4. The van der Waals surface area contributed by atoms with E-state index >= 15 is 0 Å². The molecule has 3 nitrogen and oxygen atoms in total. The van der Waals surface area contributed by atoms with Crippen molar-refractivity contribution in [1.82, 2.24) is 9.88 Å².